The highest BCUT2D eigenvalue weighted by molar-refractivity contribution is 5.77. The largest absolute Gasteiger partial charge is 0.489 e. The van der Waals surface area contributed by atoms with Gasteiger partial charge >= 0.3 is 5.63 Å². The van der Waals surface area contributed by atoms with Gasteiger partial charge in [0.1, 0.15) is 17.9 Å². The van der Waals surface area contributed by atoms with Crippen LogP contribution in [0.4, 0.5) is 0 Å². The van der Waals surface area contributed by atoms with Gasteiger partial charge in [0.2, 0.25) is 0 Å². The fraction of sp³-hybridized carbons (Fsp3) is 0.458. The van der Waals surface area contributed by atoms with Crippen molar-refractivity contribution >= 4 is 11.0 Å². The molecule has 2 rings (SSSR count). The summed E-state index contributed by atoms with van der Waals surface area (Å²) >= 11 is 0. The molecule has 2 aromatic rings. The Morgan fingerprint density at radius 3 is 2.55 bits per heavy atom. The van der Waals surface area contributed by atoms with E-state index in [4.69, 9.17) is 9.15 Å². The summed E-state index contributed by atoms with van der Waals surface area (Å²) in [6, 6.07) is 8.59. The van der Waals surface area contributed by atoms with E-state index >= 15 is 0 Å². The van der Waals surface area contributed by atoms with Gasteiger partial charge in [0, 0.05) is 17.5 Å². The molecule has 29 heavy (non-hydrogen) atoms. The maximum absolute atomic E-state index is 11.3. The zero-order valence-electron chi connectivity index (χ0n) is 17.8. The number of allylic oxidation sites excluding steroid dienone is 3. The van der Waals surface area contributed by atoms with Gasteiger partial charge in [0.15, 0.2) is 0 Å². The quantitative estimate of drug-likeness (QED) is 0.444. The highest BCUT2D eigenvalue weighted by atomic mass is 16.5. The first-order valence-corrected chi connectivity index (χ1v) is 10.0. The second-order valence-corrected chi connectivity index (χ2v) is 8.11. The molecule has 0 bridgehead atoms. The van der Waals surface area contributed by atoms with Crippen LogP contribution in [0.2, 0.25) is 0 Å². The van der Waals surface area contributed by atoms with E-state index in [2.05, 4.69) is 19.9 Å². The van der Waals surface area contributed by atoms with Crippen molar-refractivity contribution < 1.29 is 19.4 Å². The molecule has 0 saturated heterocycles. The summed E-state index contributed by atoms with van der Waals surface area (Å²) in [7, 11) is 0. The van der Waals surface area contributed by atoms with Crippen LogP contribution in [0.3, 0.4) is 0 Å². The Balaban J connectivity index is 1.76. The van der Waals surface area contributed by atoms with Crippen molar-refractivity contribution in [3.05, 3.63) is 64.1 Å². The average molecular weight is 401 g/mol. The number of hydrogen-bond acceptors (Lipinski definition) is 5. The van der Waals surface area contributed by atoms with Crippen LogP contribution >= 0.6 is 0 Å². The van der Waals surface area contributed by atoms with E-state index in [0.29, 0.717) is 24.4 Å². The minimum atomic E-state index is -1.06. The maximum atomic E-state index is 11.3. The minimum Gasteiger partial charge on any atom is -0.489 e. The van der Waals surface area contributed by atoms with Crippen molar-refractivity contribution in [2.75, 3.05) is 6.61 Å². The number of aliphatic hydroxyl groups excluding tert-OH is 1. The van der Waals surface area contributed by atoms with Crippen LogP contribution in [0.15, 0.2) is 62.8 Å². The van der Waals surface area contributed by atoms with Crippen molar-refractivity contribution in [1.82, 2.24) is 0 Å². The molecule has 0 aliphatic heterocycles. The fourth-order valence-corrected chi connectivity index (χ4v) is 2.88. The number of ether oxygens (including phenoxy) is 1. The summed E-state index contributed by atoms with van der Waals surface area (Å²) in [5.41, 5.74) is 1.54. The minimum absolute atomic E-state index is 0.372. The van der Waals surface area contributed by atoms with Crippen molar-refractivity contribution in [1.29, 1.82) is 0 Å². The Labute approximate surface area is 172 Å². The molecular weight excluding hydrogens is 368 g/mol. The van der Waals surface area contributed by atoms with Gasteiger partial charge in [-0.2, -0.15) is 0 Å². The molecule has 0 aliphatic rings. The molecule has 1 aromatic heterocycles. The smallest absolute Gasteiger partial charge is 0.336 e. The van der Waals surface area contributed by atoms with Crippen molar-refractivity contribution in [3.8, 4) is 5.75 Å². The van der Waals surface area contributed by atoms with Gasteiger partial charge in [-0.3, -0.25) is 0 Å². The molecule has 1 heterocycles. The van der Waals surface area contributed by atoms with Gasteiger partial charge < -0.3 is 19.4 Å². The predicted molar refractivity (Wildman–Crippen MR) is 116 cm³/mol. The molecule has 0 unspecified atom stereocenters. The Bertz CT molecular complexity index is 915. The summed E-state index contributed by atoms with van der Waals surface area (Å²) in [4.78, 5) is 11.3. The molecule has 0 amide bonds. The molecule has 0 spiro atoms. The summed E-state index contributed by atoms with van der Waals surface area (Å²) in [5, 5.41) is 20.5. The standard InChI is InChI=1S/C24H32O5/c1-17(8-12-22(25)24(3,4)27)6-5-7-18(2)14-15-28-20-11-9-19-10-13-23(26)29-21(19)16-20/h6,9-11,13-14,16,22,25,27H,5,7-8,12,15H2,1-4H3/b17-6+,18-14?/t22-/m1/s1. The van der Waals surface area contributed by atoms with Gasteiger partial charge in [-0.15, -0.1) is 0 Å². The first-order valence-electron chi connectivity index (χ1n) is 10.0. The van der Waals surface area contributed by atoms with Gasteiger partial charge in [-0.25, -0.2) is 4.79 Å². The lowest BCUT2D eigenvalue weighted by Crippen LogP contribution is -2.35. The Morgan fingerprint density at radius 1 is 1.14 bits per heavy atom. The van der Waals surface area contributed by atoms with Gasteiger partial charge in [-0.05, 0) is 77.7 Å². The van der Waals surface area contributed by atoms with E-state index in [0.717, 1.165) is 24.6 Å². The Kier molecular flexibility index (Phi) is 8.23. The summed E-state index contributed by atoms with van der Waals surface area (Å²) in [6.07, 6.45) is 6.70. The molecule has 158 valence electrons. The number of fused-ring (bicyclic) bond motifs is 1. The Morgan fingerprint density at radius 2 is 1.83 bits per heavy atom. The highest BCUT2D eigenvalue weighted by Gasteiger charge is 2.23. The van der Waals surface area contributed by atoms with E-state index < -0.39 is 11.7 Å². The molecule has 0 saturated carbocycles. The third kappa shape index (κ3) is 7.87. The number of benzene rings is 1. The lowest BCUT2D eigenvalue weighted by atomic mass is 9.95. The van der Waals surface area contributed by atoms with E-state index in [-0.39, 0.29) is 5.63 Å². The van der Waals surface area contributed by atoms with E-state index in [9.17, 15) is 15.0 Å². The molecule has 0 radical (unpaired) electrons. The van der Waals surface area contributed by atoms with Gasteiger partial charge in [0.25, 0.3) is 0 Å². The molecule has 5 heteroatoms. The lowest BCUT2D eigenvalue weighted by molar-refractivity contribution is -0.0509. The van der Waals surface area contributed by atoms with Gasteiger partial charge in [-0.1, -0.05) is 17.2 Å². The third-order valence-electron chi connectivity index (χ3n) is 4.94. The van der Waals surface area contributed by atoms with Crippen molar-refractivity contribution in [2.24, 2.45) is 0 Å². The SMILES string of the molecule is CC(=CCOc1ccc2ccc(=O)oc2c1)CC/C=C(\C)CC[C@@H](O)C(C)(C)O. The fourth-order valence-electron chi connectivity index (χ4n) is 2.88. The molecule has 0 aliphatic carbocycles. The second kappa shape index (κ2) is 10.4. The van der Waals surface area contributed by atoms with Crippen molar-refractivity contribution in [3.63, 3.8) is 0 Å². The van der Waals surface area contributed by atoms with E-state index in [1.807, 2.05) is 18.2 Å². The van der Waals surface area contributed by atoms with Crippen LogP contribution in [0.1, 0.15) is 53.4 Å². The topological polar surface area (TPSA) is 79.9 Å². The lowest BCUT2D eigenvalue weighted by Gasteiger charge is -2.24. The van der Waals surface area contributed by atoms with Crippen LogP contribution in [0.25, 0.3) is 11.0 Å². The van der Waals surface area contributed by atoms with Gasteiger partial charge in [0.05, 0.1) is 11.7 Å². The first kappa shape index (κ1) is 22.9. The van der Waals surface area contributed by atoms with Crippen LogP contribution < -0.4 is 10.4 Å². The summed E-state index contributed by atoms with van der Waals surface area (Å²) in [6.45, 7) is 7.83. The zero-order chi connectivity index (χ0) is 21.4. The van der Waals surface area contributed by atoms with Crippen molar-refractivity contribution in [2.45, 2.75) is 65.1 Å². The summed E-state index contributed by atoms with van der Waals surface area (Å²) < 4.78 is 10.9. The number of hydrogen-bond donors (Lipinski definition) is 2. The predicted octanol–water partition coefficient (Wildman–Crippen LogP) is 4.76. The Hall–Kier alpha value is -2.37. The molecule has 0 fully saturated rings. The molecule has 2 N–H and O–H groups in total. The first-order chi connectivity index (χ1) is 13.6. The number of rotatable bonds is 10. The highest BCUT2D eigenvalue weighted by Crippen LogP contribution is 2.20. The van der Waals surface area contributed by atoms with Crippen LogP contribution in [-0.2, 0) is 0 Å². The normalized spacial score (nSPS) is 14.3. The second-order valence-electron chi connectivity index (χ2n) is 8.11. The van der Waals surface area contributed by atoms with E-state index in [1.165, 1.54) is 17.2 Å². The number of aliphatic hydroxyl groups is 2. The maximum Gasteiger partial charge on any atom is 0.336 e. The average Bonchev–Trinajstić information content (AvgIpc) is 2.65. The van der Waals surface area contributed by atoms with Crippen LogP contribution in [0, 0.1) is 0 Å². The molecule has 1 atom stereocenters. The summed E-state index contributed by atoms with van der Waals surface area (Å²) in [5.74, 6) is 0.664. The molecule has 1 aromatic carbocycles. The van der Waals surface area contributed by atoms with Crippen LogP contribution in [-0.4, -0.2) is 28.5 Å². The monoisotopic (exact) mass is 400 g/mol. The van der Waals surface area contributed by atoms with E-state index in [1.54, 1.807) is 26.0 Å². The molecule has 5 nitrogen and oxygen atoms in total. The zero-order valence-corrected chi connectivity index (χ0v) is 17.8. The van der Waals surface area contributed by atoms with Crippen LogP contribution in [0.5, 0.6) is 5.75 Å². The molecular formula is C24H32O5. The third-order valence-corrected chi connectivity index (χ3v) is 4.94.